The molecule has 3 heteroatoms. The van der Waals surface area contributed by atoms with Gasteiger partial charge in [-0.2, -0.15) is 5.10 Å². The summed E-state index contributed by atoms with van der Waals surface area (Å²) < 4.78 is 0. The molecule has 3 rings (SSSR count). The molecule has 1 aromatic heterocycles. The summed E-state index contributed by atoms with van der Waals surface area (Å²) in [6.45, 7) is 2.03. The van der Waals surface area contributed by atoms with E-state index in [1.54, 1.807) is 0 Å². The monoisotopic (exact) mass is 250 g/mol. The fourth-order valence-corrected chi connectivity index (χ4v) is 2.05. The van der Waals surface area contributed by atoms with Gasteiger partial charge in [-0.25, -0.2) is 0 Å². The lowest BCUT2D eigenvalue weighted by molar-refractivity contribution is 0.479. The smallest absolute Gasteiger partial charge is 0.169 e. The maximum atomic E-state index is 10.3. The molecule has 0 aliphatic heterocycles. The molecule has 3 aromatic rings. The highest BCUT2D eigenvalue weighted by molar-refractivity contribution is 5.77. The SMILES string of the molecule is Cc1ccc(-c2[nH]nc(-c3ccccc3)c2O)cc1. The number of aromatic hydroxyl groups is 1. The maximum absolute atomic E-state index is 10.3. The fraction of sp³-hybridized carbons (Fsp3) is 0.0625. The first kappa shape index (κ1) is 11.5. The highest BCUT2D eigenvalue weighted by Crippen LogP contribution is 2.35. The van der Waals surface area contributed by atoms with Gasteiger partial charge in [0.25, 0.3) is 0 Å². The first-order valence-electron chi connectivity index (χ1n) is 6.15. The molecule has 0 aliphatic rings. The summed E-state index contributed by atoms with van der Waals surface area (Å²) in [6.07, 6.45) is 0. The molecule has 0 amide bonds. The van der Waals surface area contributed by atoms with E-state index in [9.17, 15) is 5.11 Å². The van der Waals surface area contributed by atoms with Gasteiger partial charge < -0.3 is 5.11 Å². The number of H-pyrrole nitrogens is 1. The van der Waals surface area contributed by atoms with Crippen LogP contribution in [0.4, 0.5) is 0 Å². The molecule has 0 unspecified atom stereocenters. The van der Waals surface area contributed by atoms with Gasteiger partial charge in [0.05, 0.1) is 0 Å². The average molecular weight is 250 g/mol. The van der Waals surface area contributed by atoms with E-state index in [2.05, 4.69) is 10.2 Å². The van der Waals surface area contributed by atoms with Crippen molar-refractivity contribution in [3.63, 3.8) is 0 Å². The minimum Gasteiger partial charge on any atom is -0.504 e. The van der Waals surface area contributed by atoms with Gasteiger partial charge in [0.2, 0.25) is 0 Å². The number of aromatic amines is 1. The summed E-state index contributed by atoms with van der Waals surface area (Å²) in [5.74, 6) is 0.190. The van der Waals surface area contributed by atoms with E-state index >= 15 is 0 Å². The van der Waals surface area contributed by atoms with Crippen LogP contribution in [0.25, 0.3) is 22.5 Å². The van der Waals surface area contributed by atoms with Crippen molar-refractivity contribution in [2.75, 3.05) is 0 Å². The second kappa shape index (κ2) is 4.61. The van der Waals surface area contributed by atoms with Gasteiger partial charge in [-0.1, -0.05) is 60.2 Å². The van der Waals surface area contributed by atoms with Crippen LogP contribution in [0.2, 0.25) is 0 Å². The van der Waals surface area contributed by atoms with E-state index in [0.29, 0.717) is 11.4 Å². The molecule has 94 valence electrons. The maximum Gasteiger partial charge on any atom is 0.169 e. The molecule has 0 fully saturated rings. The van der Waals surface area contributed by atoms with E-state index in [1.165, 1.54) is 5.56 Å². The Kier molecular flexibility index (Phi) is 2.80. The van der Waals surface area contributed by atoms with Crippen LogP contribution in [0, 0.1) is 6.92 Å². The Bertz CT molecular complexity index is 685. The first-order chi connectivity index (χ1) is 9.25. The van der Waals surface area contributed by atoms with Gasteiger partial charge in [0.15, 0.2) is 5.75 Å². The number of nitrogens with one attached hydrogen (secondary N) is 1. The second-order valence-electron chi connectivity index (χ2n) is 4.53. The number of hydrogen-bond acceptors (Lipinski definition) is 2. The third kappa shape index (κ3) is 2.10. The molecular formula is C16H14N2O. The third-order valence-electron chi connectivity index (χ3n) is 3.13. The predicted octanol–water partition coefficient (Wildman–Crippen LogP) is 3.76. The van der Waals surface area contributed by atoms with Crippen molar-refractivity contribution in [2.45, 2.75) is 6.92 Å². The largest absolute Gasteiger partial charge is 0.504 e. The van der Waals surface area contributed by atoms with Crippen LogP contribution in [-0.4, -0.2) is 15.3 Å². The van der Waals surface area contributed by atoms with Crippen LogP contribution in [0.3, 0.4) is 0 Å². The molecule has 2 N–H and O–H groups in total. The Balaban J connectivity index is 2.06. The molecule has 3 nitrogen and oxygen atoms in total. The Hall–Kier alpha value is -2.55. The molecule has 0 spiro atoms. The standard InChI is InChI=1S/C16H14N2O/c1-11-7-9-13(10-8-11)15-16(19)14(17-18-15)12-5-3-2-4-6-12/h2-10,19H,1H3,(H,17,18). The van der Waals surface area contributed by atoms with Gasteiger partial charge in [-0.15, -0.1) is 0 Å². The molecule has 0 radical (unpaired) electrons. The normalized spacial score (nSPS) is 10.6. The Morgan fingerprint density at radius 3 is 2.26 bits per heavy atom. The fourth-order valence-electron chi connectivity index (χ4n) is 2.05. The topological polar surface area (TPSA) is 48.9 Å². The van der Waals surface area contributed by atoms with Crippen LogP contribution in [-0.2, 0) is 0 Å². The van der Waals surface area contributed by atoms with Crippen LogP contribution >= 0.6 is 0 Å². The minimum absolute atomic E-state index is 0.190. The van der Waals surface area contributed by atoms with Gasteiger partial charge in [0, 0.05) is 11.1 Å². The van der Waals surface area contributed by atoms with Crippen LogP contribution in [0.1, 0.15) is 5.56 Å². The Morgan fingerprint density at radius 2 is 1.58 bits per heavy atom. The quantitative estimate of drug-likeness (QED) is 0.727. The molecule has 2 aromatic carbocycles. The van der Waals surface area contributed by atoms with Crippen LogP contribution < -0.4 is 0 Å². The summed E-state index contributed by atoms with van der Waals surface area (Å²) in [7, 11) is 0. The lowest BCUT2D eigenvalue weighted by Crippen LogP contribution is -1.79. The zero-order valence-corrected chi connectivity index (χ0v) is 10.6. The number of hydrogen-bond donors (Lipinski definition) is 2. The first-order valence-corrected chi connectivity index (χ1v) is 6.15. The van der Waals surface area contributed by atoms with Gasteiger partial charge in [-0.3, -0.25) is 5.10 Å². The molecule has 0 bridgehead atoms. The molecule has 0 saturated carbocycles. The number of aryl methyl sites for hydroxylation is 1. The Labute approximate surface area is 111 Å². The van der Waals surface area contributed by atoms with E-state index < -0.39 is 0 Å². The summed E-state index contributed by atoms with van der Waals surface area (Å²) in [4.78, 5) is 0. The Morgan fingerprint density at radius 1 is 0.895 bits per heavy atom. The summed E-state index contributed by atoms with van der Waals surface area (Å²) in [5, 5.41) is 17.4. The van der Waals surface area contributed by atoms with E-state index in [1.807, 2.05) is 61.5 Å². The highest BCUT2D eigenvalue weighted by atomic mass is 16.3. The highest BCUT2D eigenvalue weighted by Gasteiger charge is 2.14. The van der Waals surface area contributed by atoms with E-state index in [-0.39, 0.29) is 5.75 Å². The van der Waals surface area contributed by atoms with Gasteiger partial charge in [-0.05, 0) is 6.92 Å². The lowest BCUT2D eigenvalue weighted by Gasteiger charge is -2.00. The molecule has 0 aliphatic carbocycles. The number of benzene rings is 2. The second-order valence-corrected chi connectivity index (χ2v) is 4.53. The molecule has 19 heavy (non-hydrogen) atoms. The van der Waals surface area contributed by atoms with Gasteiger partial charge >= 0.3 is 0 Å². The van der Waals surface area contributed by atoms with Crippen LogP contribution in [0.5, 0.6) is 5.75 Å². The number of aromatic nitrogens is 2. The lowest BCUT2D eigenvalue weighted by atomic mass is 10.1. The summed E-state index contributed by atoms with van der Waals surface area (Å²) in [6, 6.07) is 17.6. The van der Waals surface area contributed by atoms with E-state index in [0.717, 1.165) is 11.1 Å². The zero-order valence-electron chi connectivity index (χ0n) is 10.6. The molecule has 1 heterocycles. The molecule has 0 saturated heterocycles. The molecular weight excluding hydrogens is 236 g/mol. The van der Waals surface area contributed by atoms with Crippen molar-refractivity contribution >= 4 is 0 Å². The van der Waals surface area contributed by atoms with Crippen molar-refractivity contribution in [1.29, 1.82) is 0 Å². The predicted molar refractivity (Wildman–Crippen MR) is 75.9 cm³/mol. The zero-order chi connectivity index (χ0) is 13.2. The van der Waals surface area contributed by atoms with E-state index in [4.69, 9.17) is 0 Å². The third-order valence-corrected chi connectivity index (χ3v) is 3.13. The number of nitrogens with zero attached hydrogens (tertiary/aromatic N) is 1. The van der Waals surface area contributed by atoms with Crippen LogP contribution in [0.15, 0.2) is 54.6 Å². The average Bonchev–Trinajstić information content (AvgIpc) is 2.83. The van der Waals surface area contributed by atoms with Crippen molar-refractivity contribution in [1.82, 2.24) is 10.2 Å². The van der Waals surface area contributed by atoms with Crippen molar-refractivity contribution in [3.8, 4) is 28.3 Å². The minimum atomic E-state index is 0.190. The number of rotatable bonds is 2. The molecule has 0 atom stereocenters. The van der Waals surface area contributed by atoms with Crippen molar-refractivity contribution in [3.05, 3.63) is 60.2 Å². The van der Waals surface area contributed by atoms with Crippen molar-refractivity contribution < 1.29 is 5.11 Å². The summed E-state index contributed by atoms with van der Waals surface area (Å²) in [5.41, 5.74) is 4.24. The van der Waals surface area contributed by atoms with Crippen molar-refractivity contribution in [2.24, 2.45) is 0 Å². The van der Waals surface area contributed by atoms with Gasteiger partial charge in [0.1, 0.15) is 11.4 Å². The summed E-state index contributed by atoms with van der Waals surface area (Å²) >= 11 is 0.